The maximum absolute atomic E-state index is 8.78. The van der Waals surface area contributed by atoms with E-state index in [-0.39, 0.29) is 0 Å². The van der Waals surface area contributed by atoms with E-state index in [2.05, 4.69) is 238 Å². The lowest BCUT2D eigenvalue weighted by atomic mass is 9.98. The molecule has 0 bridgehead atoms. The van der Waals surface area contributed by atoms with Crippen LogP contribution in [-0.4, -0.2) is 12.7 Å². The van der Waals surface area contributed by atoms with E-state index in [1.165, 1.54) is 22.3 Å². The first kappa shape index (κ1) is 59.7. The molecular formula is C90H50BBr2O9. The molecule has 0 atom stereocenters. The molecule has 1 radical (unpaired) electrons. The Balaban J connectivity index is 0.000000128. The maximum Gasteiger partial charge on any atom is 0.569 e. The highest BCUT2D eigenvalue weighted by atomic mass is 79.9. The summed E-state index contributed by atoms with van der Waals surface area (Å²) in [6.45, 7) is 0. The molecule has 481 valence electrons. The zero-order valence-electron chi connectivity index (χ0n) is 53.8. The quantitative estimate of drug-likeness (QED) is 0.155. The lowest BCUT2D eigenvalue weighted by molar-refractivity contribution is 0.454. The molecule has 0 aliphatic rings. The Labute approximate surface area is 597 Å². The second kappa shape index (κ2) is 24.0. The van der Waals surface area contributed by atoms with Crippen molar-refractivity contribution in [3.8, 4) is 61.4 Å². The van der Waals surface area contributed by atoms with Gasteiger partial charge in [-0.3, -0.25) is 0 Å². The van der Waals surface area contributed by atoms with Crippen LogP contribution in [0.4, 0.5) is 0 Å². The Morgan fingerprint density at radius 2 is 0.412 bits per heavy atom. The second-order valence-corrected chi connectivity index (χ2v) is 27.5. The van der Waals surface area contributed by atoms with E-state index >= 15 is 0 Å². The monoisotopic (exact) mass is 1440 g/mol. The molecule has 22 aromatic rings. The lowest BCUT2D eigenvalue weighted by Gasteiger charge is -2.04. The fraction of sp³-hybridized carbons (Fsp3) is 0. The van der Waals surface area contributed by atoms with E-state index in [4.69, 9.17) is 40.6 Å². The van der Waals surface area contributed by atoms with Crippen LogP contribution in [0.2, 0.25) is 0 Å². The van der Waals surface area contributed by atoms with Gasteiger partial charge in [0.25, 0.3) is 0 Å². The molecule has 0 fully saturated rings. The molecule has 7 heterocycles. The highest BCUT2D eigenvalue weighted by molar-refractivity contribution is 9.10. The molecule has 0 aliphatic carbocycles. The number of halogens is 2. The summed E-state index contributed by atoms with van der Waals surface area (Å²) >= 11 is 7.06. The molecule has 0 spiro atoms. The van der Waals surface area contributed by atoms with Crippen LogP contribution >= 0.6 is 31.9 Å². The van der Waals surface area contributed by atoms with Gasteiger partial charge in [0.15, 0.2) is 0 Å². The zero-order valence-corrected chi connectivity index (χ0v) is 57.0. The average molecular weight is 1450 g/mol. The predicted molar refractivity (Wildman–Crippen MR) is 421 cm³/mol. The summed E-state index contributed by atoms with van der Waals surface area (Å²) in [6, 6.07) is 102. The Morgan fingerprint density at radius 3 is 0.686 bits per heavy atom. The molecule has 22 rings (SSSR count). The number of hydrogen-bond acceptors (Lipinski definition) is 9. The Kier molecular flexibility index (Phi) is 14.0. The number of hydrogen-bond donors (Lipinski definition) is 1. The number of rotatable bonds is 7. The van der Waals surface area contributed by atoms with Gasteiger partial charge in [-0.25, -0.2) is 0 Å². The minimum absolute atomic E-state index is 0.572. The first-order valence-electron chi connectivity index (χ1n) is 33.4. The minimum atomic E-state index is 0.572. The summed E-state index contributed by atoms with van der Waals surface area (Å²) in [6.07, 6.45) is 0. The fourth-order valence-electron chi connectivity index (χ4n) is 14.6. The fourth-order valence-corrected chi connectivity index (χ4v) is 15.4. The van der Waals surface area contributed by atoms with Gasteiger partial charge < -0.3 is 40.6 Å². The Bertz CT molecular complexity index is 6780. The summed E-state index contributed by atoms with van der Waals surface area (Å²) in [5.74, 6) is 0.572. The standard InChI is InChI=1S/C54H30O4.C18H12BO3.C18H8Br2O2/c1-3-7-31(8-4-1)33-11-17-47-39(23-33)41-25-35(13-19-49(41)55-47)37-15-21-51-43(27-37)45-29-46-44-28-38(16-22-52(44)58-54(46)30-53(45)57-51)36-14-20-50-42(26-36)40-24-34(12-18-48(40)56-50)32-9-5-2-6-10-32;20-19-22-14-7-9-18-16(11-14)15-10-13(6-8-17(15)21-18)12-4-2-1-3-5-12;19-9-1-3-15-11(5-9)13-7-14-12-6-10(20)2-4-16(12)22-18(14)8-17(13)21-15/h1-30H;1-11,20H;1-8H. The van der Waals surface area contributed by atoms with Crippen LogP contribution in [-0.2, 0) is 0 Å². The number of fused-ring (bicyclic) bond motifs is 21. The summed E-state index contributed by atoms with van der Waals surface area (Å²) < 4.78 is 50.3. The van der Waals surface area contributed by atoms with Crippen molar-refractivity contribution in [2.45, 2.75) is 0 Å². The topological polar surface area (TPSA) is 121 Å². The molecular weight excluding hydrogens is 1400 g/mol. The van der Waals surface area contributed by atoms with E-state index in [0.717, 1.165) is 196 Å². The van der Waals surface area contributed by atoms with Gasteiger partial charge in [0.2, 0.25) is 0 Å². The largest absolute Gasteiger partial charge is 0.569 e. The van der Waals surface area contributed by atoms with Crippen LogP contribution in [0, 0.1) is 0 Å². The molecule has 12 heteroatoms. The van der Waals surface area contributed by atoms with Gasteiger partial charge in [-0.05, 0) is 207 Å². The van der Waals surface area contributed by atoms with Crippen molar-refractivity contribution in [2.24, 2.45) is 0 Å². The normalized spacial score (nSPS) is 11.9. The lowest BCUT2D eigenvalue weighted by Crippen LogP contribution is -1.98. The molecule has 15 aromatic carbocycles. The first-order valence-corrected chi connectivity index (χ1v) is 34.9. The van der Waals surface area contributed by atoms with Crippen molar-refractivity contribution >= 4 is 193 Å². The van der Waals surface area contributed by atoms with Gasteiger partial charge in [-0.15, -0.1) is 0 Å². The van der Waals surface area contributed by atoms with E-state index in [9.17, 15) is 0 Å². The number of furan rings is 7. The highest BCUT2D eigenvalue weighted by Crippen LogP contribution is 2.44. The molecule has 0 saturated carbocycles. The van der Waals surface area contributed by atoms with Gasteiger partial charge in [0.05, 0.1) is 0 Å². The van der Waals surface area contributed by atoms with Gasteiger partial charge in [0, 0.05) is 96.5 Å². The van der Waals surface area contributed by atoms with Crippen LogP contribution in [0.15, 0.2) is 337 Å². The van der Waals surface area contributed by atoms with Crippen molar-refractivity contribution in [3.05, 3.63) is 306 Å². The third-order valence-electron chi connectivity index (χ3n) is 19.6. The first-order chi connectivity index (χ1) is 50.2. The van der Waals surface area contributed by atoms with Crippen LogP contribution in [0.3, 0.4) is 0 Å². The van der Waals surface area contributed by atoms with Gasteiger partial charge >= 0.3 is 7.69 Å². The molecule has 0 saturated heterocycles. The van der Waals surface area contributed by atoms with E-state index in [0.29, 0.717) is 13.4 Å². The number of benzene rings is 15. The van der Waals surface area contributed by atoms with Crippen molar-refractivity contribution in [1.82, 2.24) is 0 Å². The highest BCUT2D eigenvalue weighted by Gasteiger charge is 2.20. The van der Waals surface area contributed by atoms with Crippen molar-refractivity contribution in [3.63, 3.8) is 0 Å². The molecule has 9 nitrogen and oxygen atoms in total. The Hall–Kier alpha value is -12.3. The predicted octanol–water partition coefficient (Wildman–Crippen LogP) is 27.1. The summed E-state index contributed by atoms with van der Waals surface area (Å²) in [5, 5.41) is 23.8. The van der Waals surface area contributed by atoms with Crippen molar-refractivity contribution in [1.29, 1.82) is 0 Å². The molecule has 7 aromatic heterocycles. The smallest absolute Gasteiger partial charge is 0.537 e. The van der Waals surface area contributed by atoms with Crippen LogP contribution in [0.1, 0.15) is 0 Å². The van der Waals surface area contributed by atoms with Crippen LogP contribution in [0.5, 0.6) is 5.75 Å². The minimum Gasteiger partial charge on any atom is -0.537 e. The van der Waals surface area contributed by atoms with E-state index in [1.54, 1.807) is 6.07 Å². The van der Waals surface area contributed by atoms with Crippen molar-refractivity contribution in [2.75, 3.05) is 0 Å². The summed E-state index contributed by atoms with van der Waals surface area (Å²) in [5.41, 5.74) is 23.4. The molecule has 0 unspecified atom stereocenters. The van der Waals surface area contributed by atoms with Gasteiger partial charge in [0.1, 0.15) is 83.9 Å². The molecule has 1 N–H and O–H groups in total. The summed E-state index contributed by atoms with van der Waals surface area (Å²) in [4.78, 5) is 0. The Morgan fingerprint density at radius 1 is 0.196 bits per heavy atom. The summed E-state index contributed by atoms with van der Waals surface area (Å²) in [7, 11) is 0.679. The average Bonchev–Trinajstić information content (AvgIpc) is 1.59. The maximum atomic E-state index is 8.78. The van der Waals surface area contributed by atoms with Gasteiger partial charge in [-0.1, -0.05) is 165 Å². The third kappa shape index (κ3) is 10.3. The second-order valence-electron chi connectivity index (χ2n) is 25.6. The molecule has 102 heavy (non-hydrogen) atoms. The van der Waals surface area contributed by atoms with Crippen molar-refractivity contribution < 1.29 is 40.6 Å². The molecule has 0 aliphatic heterocycles. The van der Waals surface area contributed by atoms with Gasteiger partial charge in [-0.2, -0.15) is 0 Å². The van der Waals surface area contributed by atoms with E-state index < -0.39 is 0 Å². The third-order valence-corrected chi connectivity index (χ3v) is 20.6. The zero-order chi connectivity index (χ0) is 67.7. The molecule has 0 amide bonds. The van der Waals surface area contributed by atoms with Crippen LogP contribution < -0.4 is 4.65 Å². The van der Waals surface area contributed by atoms with E-state index in [1.807, 2.05) is 84.9 Å². The SMILES string of the molecule is Brc1ccc2oc3cc4oc5ccc(Br)cc5c4cc3c2c1.O[B]Oc1ccc2oc3ccc(-c4ccccc4)cc3c2c1.c1ccc(-c2ccc3oc4ccc(-c5ccc6oc7cc8oc9ccc(-c%10ccc%11oc%12ccc(-c%13ccccc%13)cc%12c%11c%10)cc9c8cc7c6c5)cc4c3c2)cc1. The van der Waals surface area contributed by atoms with Crippen LogP contribution in [0.25, 0.3) is 209 Å².